The highest BCUT2D eigenvalue weighted by Crippen LogP contribution is 2.16. The van der Waals surface area contributed by atoms with Gasteiger partial charge in [0.05, 0.1) is 40.1 Å². The van der Waals surface area contributed by atoms with Crippen LogP contribution in [-0.2, 0) is 14.2 Å². The fourth-order valence-electron chi connectivity index (χ4n) is 2.06. The SMILES string of the molecule is CCCCCCOCCOCCOCCOc1ccc(OC)cc1. The molecule has 0 saturated carbocycles. The van der Waals surface area contributed by atoms with Crippen LogP contribution < -0.4 is 9.47 Å². The second-order valence-corrected chi connectivity index (χ2v) is 5.42. The molecule has 1 rings (SSSR count). The normalized spacial score (nSPS) is 10.8. The topological polar surface area (TPSA) is 46.2 Å². The number of unbranched alkanes of at least 4 members (excludes halogenated alkanes) is 3. The van der Waals surface area contributed by atoms with E-state index in [1.807, 2.05) is 24.3 Å². The molecule has 138 valence electrons. The molecule has 1 aromatic carbocycles. The van der Waals surface area contributed by atoms with E-state index in [4.69, 9.17) is 23.7 Å². The maximum atomic E-state index is 5.56. The van der Waals surface area contributed by atoms with E-state index in [9.17, 15) is 0 Å². The Morgan fingerprint density at radius 3 is 1.75 bits per heavy atom. The second-order valence-electron chi connectivity index (χ2n) is 5.42. The highest BCUT2D eigenvalue weighted by molar-refractivity contribution is 5.31. The first kappa shape index (κ1) is 20.7. The lowest BCUT2D eigenvalue weighted by molar-refractivity contribution is 0.00879. The predicted molar refractivity (Wildman–Crippen MR) is 95.1 cm³/mol. The predicted octanol–water partition coefficient (Wildman–Crippen LogP) is 3.70. The van der Waals surface area contributed by atoms with E-state index >= 15 is 0 Å². The largest absolute Gasteiger partial charge is 0.497 e. The van der Waals surface area contributed by atoms with Gasteiger partial charge < -0.3 is 23.7 Å². The van der Waals surface area contributed by atoms with Crippen molar-refractivity contribution in [2.24, 2.45) is 0 Å². The molecule has 1 aromatic rings. The summed E-state index contributed by atoms with van der Waals surface area (Å²) in [4.78, 5) is 0. The lowest BCUT2D eigenvalue weighted by Crippen LogP contribution is -2.13. The van der Waals surface area contributed by atoms with Crippen molar-refractivity contribution in [2.45, 2.75) is 32.6 Å². The Kier molecular flexibility index (Phi) is 13.2. The van der Waals surface area contributed by atoms with Gasteiger partial charge in [-0.05, 0) is 30.7 Å². The van der Waals surface area contributed by atoms with Crippen molar-refractivity contribution in [3.8, 4) is 11.5 Å². The number of methoxy groups -OCH3 is 1. The minimum absolute atomic E-state index is 0.521. The van der Waals surface area contributed by atoms with Crippen LogP contribution >= 0.6 is 0 Å². The van der Waals surface area contributed by atoms with Gasteiger partial charge in [-0.2, -0.15) is 0 Å². The molecule has 0 aromatic heterocycles. The second kappa shape index (κ2) is 15.2. The molecule has 0 fully saturated rings. The standard InChI is InChI=1S/C19H32O5/c1-3-4-5-6-11-21-12-13-22-14-15-23-16-17-24-19-9-7-18(20-2)8-10-19/h7-10H,3-6,11-17H2,1-2H3. The molecule has 0 atom stereocenters. The molecule has 0 heterocycles. The molecule has 5 heteroatoms. The van der Waals surface area contributed by atoms with E-state index in [0.717, 1.165) is 24.5 Å². The summed E-state index contributed by atoms with van der Waals surface area (Å²) in [5, 5.41) is 0. The Morgan fingerprint density at radius 1 is 0.625 bits per heavy atom. The van der Waals surface area contributed by atoms with Crippen molar-refractivity contribution in [3.05, 3.63) is 24.3 Å². The molecular weight excluding hydrogens is 308 g/mol. The third-order valence-electron chi connectivity index (χ3n) is 3.44. The molecule has 0 bridgehead atoms. The van der Waals surface area contributed by atoms with E-state index in [-0.39, 0.29) is 0 Å². The third-order valence-corrected chi connectivity index (χ3v) is 3.44. The van der Waals surface area contributed by atoms with Gasteiger partial charge in [0.1, 0.15) is 18.1 Å². The van der Waals surface area contributed by atoms with Crippen LogP contribution in [0, 0.1) is 0 Å². The number of hydrogen-bond donors (Lipinski definition) is 0. The summed E-state index contributed by atoms with van der Waals surface area (Å²) in [6.45, 7) is 6.55. The van der Waals surface area contributed by atoms with Crippen molar-refractivity contribution >= 4 is 0 Å². The molecule has 0 amide bonds. The number of rotatable bonds is 16. The van der Waals surface area contributed by atoms with Crippen LogP contribution in [0.5, 0.6) is 11.5 Å². The van der Waals surface area contributed by atoms with Gasteiger partial charge in [-0.25, -0.2) is 0 Å². The number of hydrogen-bond acceptors (Lipinski definition) is 5. The minimum atomic E-state index is 0.521. The van der Waals surface area contributed by atoms with Gasteiger partial charge in [0.25, 0.3) is 0 Å². The molecule has 5 nitrogen and oxygen atoms in total. The van der Waals surface area contributed by atoms with Crippen molar-refractivity contribution < 1.29 is 23.7 Å². The maximum Gasteiger partial charge on any atom is 0.119 e. The molecular formula is C19H32O5. The summed E-state index contributed by atoms with van der Waals surface area (Å²) >= 11 is 0. The Hall–Kier alpha value is -1.30. The lowest BCUT2D eigenvalue weighted by atomic mass is 10.2. The Labute approximate surface area is 146 Å². The first-order valence-electron chi connectivity index (χ1n) is 8.87. The van der Waals surface area contributed by atoms with Gasteiger partial charge in [0.15, 0.2) is 0 Å². The summed E-state index contributed by atoms with van der Waals surface area (Å²) in [5.41, 5.74) is 0. The Balaban J connectivity index is 1.80. The molecule has 0 aliphatic heterocycles. The van der Waals surface area contributed by atoms with Gasteiger partial charge in [0.2, 0.25) is 0 Å². The van der Waals surface area contributed by atoms with Crippen molar-refractivity contribution in [1.29, 1.82) is 0 Å². The van der Waals surface area contributed by atoms with E-state index in [2.05, 4.69) is 6.92 Å². The minimum Gasteiger partial charge on any atom is -0.497 e. The summed E-state index contributed by atoms with van der Waals surface area (Å²) in [6.07, 6.45) is 4.95. The van der Waals surface area contributed by atoms with Crippen LogP contribution in [0.2, 0.25) is 0 Å². The average Bonchev–Trinajstić information content (AvgIpc) is 2.62. The van der Waals surface area contributed by atoms with Gasteiger partial charge >= 0.3 is 0 Å². The summed E-state index contributed by atoms with van der Waals surface area (Å²) in [7, 11) is 1.64. The molecule has 0 aliphatic rings. The zero-order valence-electron chi connectivity index (χ0n) is 15.1. The zero-order chi connectivity index (χ0) is 17.3. The molecule has 0 N–H and O–H groups in total. The lowest BCUT2D eigenvalue weighted by Gasteiger charge is -2.08. The van der Waals surface area contributed by atoms with Crippen LogP contribution in [0.3, 0.4) is 0 Å². The summed E-state index contributed by atoms with van der Waals surface area (Å²) < 4.78 is 27.1. The molecule has 24 heavy (non-hydrogen) atoms. The van der Waals surface area contributed by atoms with E-state index in [0.29, 0.717) is 39.6 Å². The Bertz CT molecular complexity index is 380. The highest BCUT2D eigenvalue weighted by Gasteiger charge is 1.96. The smallest absolute Gasteiger partial charge is 0.119 e. The summed E-state index contributed by atoms with van der Waals surface area (Å²) in [6, 6.07) is 7.50. The monoisotopic (exact) mass is 340 g/mol. The fraction of sp³-hybridized carbons (Fsp3) is 0.684. The van der Waals surface area contributed by atoms with Gasteiger partial charge in [-0.3, -0.25) is 0 Å². The van der Waals surface area contributed by atoms with Crippen LogP contribution in [0.25, 0.3) is 0 Å². The Morgan fingerprint density at radius 2 is 1.17 bits per heavy atom. The average molecular weight is 340 g/mol. The molecule has 0 unspecified atom stereocenters. The van der Waals surface area contributed by atoms with Crippen molar-refractivity contribution in [1.82, 2.24) is 0 Å². The first-order valence-corrected chi connectivity index (χ1v) is 8.87. The molecule has 0 spiro atoms. The number of benzene rings is 1. The summed E-state index contributed by atoms with van der Waals surface area (Å²) in [5.74, 6) is 1.63. The van der Waals surface area contributed by atoms with Crippen molar-refractivity contribution in [3.63, 3.8) is 0 Å². The van der Waals surface area contributed by atoms with Crippen molar-refractivity contribution in [2.75, 3.05) is 53.4 Å². The van der Waals surface area contributed by atoms with Gasteiger partial charge in [-0.1, -0.05) is 26.2 Å². The van der Waals surface area contributed by atoms with Gasteiger partial charge in [0, 0.05) is 6.61 Å². The highest BCUT2D eigenvalue weighted by atomic mass is 16.6. The van der Waals surface area contributed by atoms with Crippen LogP contribution in [-0.4, -0.2) is 53.4 Å². The molecule has 0 radical (unpaired) electrons. The zero-order valence-corrected chi connectivity index (χ0v) is 15.1. The molecule has 0 aliphatic carbocycles. The fourth-order valence-corrected chi connectivity index (χ4v) is 2.06. The van der Waals surface area contributed by atoms with E-state index in [1.54, 1.807) is 7.11 Å². The maximum absolute atomic E-state index is 5.56. The molecule has 0 saturated heterocycles. The number of ether oxygens (including phenoxy) is 5. The first-order chi connectivity index (χ1) is 11.9. The van der Waals surface area contributed by atoms with Crippen LogP contribution in [0.4, 0.5) is 0 Å². The third kappa shape index (κ3) is 11.3. The van der Waals surface area contributed by atoms with Crippen LogP contribution in [0.1, 0.15) is 32.6 Å². The van der Waals surface area contributed by atoms with E-state index in [1.165, 1.54) is 19.3 Å². The van der Waals surface area contributed by atoms with Gasteiger partial charge in [-0.15, -0.1) is 0 Å². The van der Waals surface area contributed by atoms with E-state index < -0.39 is 0 Å². The van der Waals surface area contributed by atoms with Crippen LogP contribution in [0.15, 0.2) is 24.3 Å². The quantitative estimate of drug-likeness (QED) is 0.429.